The third-order valence-corrected chi connectivity index (χ3v) is 6.28. The van der Waals surface area contributed by atoms with Crippen LogP contribution >= 0.6 is 0 Å². The summed E-state index contributed by atoms with van der Waals surface area (Å²) in [5.74, 6) is -1.49. The Morgan fingerprint density at radius 1 is 1.03 bits per heavy atom. The van der Waals surface area contributed by atoms with Crippen LogP contribution in [0.2, 0.25) is 0 Å². The van der Waals surface area contributed by atoms with E-state index in [2.05, 4.69) is 22.8 Å². The first-order valence-electron chi connectivity index (χ1n) is 10.9. The molecule has 0 heterocycles. The van der Waals surface area contributed by atoms with Gasteiger partial charge in [0.2, 0.25) is 5.91 Å². The smallest absolute Gasteiger partial charge is 0.407 e. The zero-order valence-electron chi connectivity index (χ0n) is 18.3. The average Bonchev–Trinajstić information content (AvgIpc) is 3.56. The van der Waals surface area contributed by atoms with E-state index in [-0.39, 0.29) is 25.0 Å². The second-order valence-electron chi connectivity index (χ2n) is 9.19. The molecule has 2 aliphatic carbocycles. The van der Waals surface area contributed by atoms with Crippen LogP contribution in [0.25, 0.3) is 11.1 Å². The van der Waals surface area contributed by atoms with Crippen LogP contribution in [0.4, 0.5) is 4.79 Å². The van der Waals surface area contributed by atoms with Gasteiger partial charge in [0, 0.05) is 12.5 Å². The van der Waals surface area contributed by atoms with E-state index in [0.29, 0.717) is 0 Å². The number of fused-ring (bicyclic) bond motifs is 3. The molecule has 2 amide bonds. The number of rotatable bonds is 8. The molecule has 1 saturated carbocycles. The van der Waals surface area contributed by atoms with Gasteiger partial charge in [-0.25, -0.2) is 9.59 Å². The predicted molar refractivity (Wildman–Crippen MR) is 119 cm³/mol. The highest BCUT2D eigenvalue weighted by Crippen LogP contribution is 2.44. The Kier molecular flexibility index (Phi) is 5.91. The lowest BCUT2D eigenvalue weighted by Gasteiger charge is -2.26. The van der Waals surface area contributed by atoms with Crippen LogP contribution in [0.3, 0.4) is 0 Å². The maximum Gasteiger partial charge on any atom is 0.407 e. The van der Waals surface area contributed by atoms with Gasteiger partial charge in [-0.2, -0.15) is 0 Å². The van der Waals surface area contributed by atoms with Crippen molar-refractivity contribution in [2.75, 3.05) is 13.2 Å². The number of carboxylic acid groups (broad SMARTS) is 1. The summed E-state index contributed by atoms with van der Waals surface area (Å²) < 4.78 is 5.51. The number of carbonyl (C=O) groups is 3. The van der Waals surface area contributed by atoms with Crippen LogP contribution in [0.5, 0.6) is 0 Å². The van der Waals surface area contributed by atoms with Crippen molar-refractivity contribution in [2.24, 2.45) is 11.3 Å². The van der Waals surface area contributed by atoms with Crippen LogP contribution in [0, 0.1) is 11.3 Å². The Balaban J connectivity index is 1.32. The van der Waals surface area contributed by atoms with E-state index in [1.807, 2.05) is 36.4 Å². The van der Waals surface area contributed by atoms with E-state index in [1.165, 1.54) is 0 Å². The fourth-order valence-corrected chi connectivity index (χ4v) is 4.17. The molecule has 0 saturated heterocycles. The first-order valence-corrected chi connectivity index (χ1v) is 10.9. The molecule has 0 spiro atoms. The molecule has 2 aromatic carbocycles. The predicted octanol–water partition coefficient (Wildman–Crippen LogP) is 3.53. The van der Waals surface area contributed by atoms with Crippen molar-refractivity contribution in [3.8, 4) is 11.1 Å². The van der Waals surface area contributed by atoms with Crippen molar-refractivity contribution in [3.05, 3.63) is 59.7 Å². The van der Waals surface area contributed by atoms with Gasteiger partial charge in [-0.1, -0.05) is 48.5 Å². The maximum atomic E-state index is 12.6. The summed E-state index contributed by atoms with van der Waals surface area (Å²) in [6.45, 7) is 3.55. The van der Waals surface area contributed by atoms with Crippen LogP contribution in [0.1, 0.15) is 43.7 Å². The zero-order valence-corrected chi connectivity index (χ0v) is 18.3. The lowest BCUT2D eigenvalue weighted by atomic mass is 9.91. The molecular formula is C25H28N2O5. The summed E-state index contributed by atoms with van der Waals surface area (Å²) in [6.07, 6.45) is 0.996. The summed E-state index contributed by atoms with van der Waals surface area (Å²) >= 11 is 0. The van der Waals surface area contributed by atoms with Gasteiger partial charge in [-0.3, -0.25) is 4.79 Å². The highest BCUT2D eigenvalue weighted by Gasteiger charge is 2.40. The third kappa shape index (κ3) is 4.47. The highest BCUT2D eigenvalue weighted by molar-refractivity contribution is 5.88. The Morgan fingerprint density at radius 3 is 2.12 bits per heavy atom. The molecule has 3 N–H and O–H groups in total. The lowest BCUT2D eigenvalue weighted by molar-refractivity contribution is -0.144. The molecule has 2 aromatic rings. The SMILES string of the molecule is CC(C)(CNC(=O)OCC1c2ccccc2-c2ccccc21)C(=O)NC(C(=O)O)C1CC1. The largest absolute Gasteiger partial charge is 0.480 e. The molecule has 7 nitrogen and oxygen atoms in total. The standard InChI is InChI=1S/C25H28N2O5/c1-25(2,23(30)27-21(22(28)29)15-11-12-15)14-26-24(31)32-13-20-18-9-5-3-7-16(18)17-8-4-6-10-19(17)20/h3-10,15,20-21H,11-14H2,1-2H3,(H,26,31)(H,27,30)(H,28,29). The van der Waals surface area contributed by atoms with E-state index in [0.717, 1.165) is 35.1 Å². The van der Waals surface area contributed by atoms with Gasteiger partial charge in [0.05, 0.1) is 5.41 Å². The average molecular weight is 437 g/mol. The van der Waals surface area contributed by atoms with Gasteiger partial charge in [0.1, 0.15) is 12.6 Å². The van der Waals surface area contributed by atoms with Crippen molar-refractivity contribution >= 4 is 18.0 Å². The van der Waals surface area contributed by atoms with Crippen molar-refractivity contribution in [3.63, 3.8) is 0 Å². The number of carbonyl (C=O) groups excluding carboxylic acids is 2. The summed E-state index contributed by atoms with van der Waals surface area (Å²) in [7, 11) is 0. The summed E-state index contributed by atoms with van der Waals surface area (Å²) in [4.78, 5) is 36.4. The van der Waals surface area contributed by atoms with Crippen LogP contribution in [-0.4, -0.2) is 42.3 Å². The minimum absolute atomic E-state index is 0.0117. The number of benzene rings is 2. The Morgan fingerprint density at radius 2 is 1.59 bits per heavy atom. The van der Waals surface area contributed by atoms with Gasteiger partial charge < -0.3 is 20.5 Å². The van der Waals surface area contributed by atoms with Gasteiger partial charge in [-0.15, -0.1) is 0 Å². The van der Waals surface area contributed by atoms with Crippen molar-refractivity contribution < 1.29 is 24.2 Å². The number of ether oxygens (including phenoxy) is 1. The molecule has 0 aromatic heterocycles. The second-order valence-corrected chi connectivity index (χ2v) is 9.19. The van der Waals surface area contributed by atoms with Gasteiger partial charge >= 0.3 is 12.1 Å². The number of aliphatic carboxylic acids is 1. The van der Waals surface area contributed by atoms with Gasteiger partial charge in [0.15, 0.2) is 0 Å². The molecule has 1 unspecified atom stereocenters. The molecule has 0 bridgehead atoms. The van der Waals surface area contributed by atoms with Gasteiger partial charge in [-0.05, 0) is 54.9 Å². The van der Waals surface area contributed by atoms with E-state index >= 15 is 0 Å². The molecule has 2 aliphatic rings. The minimum atomic E-state index is -1.03. The fraction of sp³-hybridized carbons (Fsp3) is 0.400. The second kappa shape index (κ2) is 8.65. The summed E-state index contributed by atoms with van der Waals surface area (Å²) in [6, 6.07) is 15.3. The number of carboxylic acids is 1. The Bertz CT molecular complexity index is 999. The number of nitrogens with one attached hydrogen (secondary N) is 2. The zero-order chi connectivity index (χ0) is 22.9. The molecule has 1 fully saturated rings. The first-order chi connectivity index (χ1) is 15.3. The molecule has 1 atom stereocenters. The fourth-order valence-electron chi connectivity index (χ4n) is 4.17. The topological polar surface area (TPSA) is 105 Å². The quantitative estimate of drug-likeness (QED) is 0.587. The number of amides is 2. The monoisotopic (exact) mass is 436 g/mol. The molecule has 168 valence electrons. The Hall–Kier alpha value is -3.35. The molecular weight excluding hydrogens is 408 g/mol. The molecule has 0 aliphatic heterocycles. The molecule has 32 heavy (non-hydrogen) atoms. The molecule has 7 heteroatoms. The van der Waals surface area contributed by atoms with E-state index in [4.69, 9.17) is 4.74 Å². The number of alkyl carbamates (subject to hydrolysis) is 1. The van der Waals surface area contributed by atoms with Crippen LogP contribution in [0.15, 0.2) is 48.5 Å². The highest BCUT2D eigenvalue weighted by atomic mass is 16.5. The minimum Gasteiger partial charge on any atom is -0.480 e. The lowest BCUT2D eigenvalue weighted by Crippen LogP contribution is -2.51. The first kappa shape index (κ1) is 21.9. The number of hydrogen-bond donors (Lipinski definition) is 3. The van der Waals surface area contributed by atoms with E-state index in [9.17, 15) is 19.5 Å². The Labute approximate surface area is 187 Å². The molecule has 4 rings (SSSR count). The van der Waals surface area contributed by atoms with Crippen molar-refractivity contribution in [2.45, 2.75) is 38.6 Å². The number of hydrogen-bond acceptors (Lipinski definition) is 4. The summed E-state index contributed by atoms with van der Waals surface area (Å²) in [5, 5.41) is 14.6. The van der Waals surface area contributed by atoms with Crippen molar-refractivity contribution in [1.29, 1.82) is 0 Å². The maximum absolute atomic E-state index is 12.6. The normalized spacial score (nSPS) is 15.9. The van der Waals surface area contributed by atoms with Crippen molar-refractivity contribution in [1.82, 2.24) is 10.6 Å². The van der Waals surface area contributed by atoms with Gasteiger partial charge in [0.25, 0.3) is 0 Å². The van der Waals surface area contributed by atoms with Crippen LogP contribution in [-0.2, 0) is 14.3 Å². The van der Waals surface area contributed by atoms with E-state index < -0.39 is 29.4 Å². The van der Waals surface area contributed by atoms with Crippen LogP contribution < -0.4 is 10.6 Å². The third-order valence-electron chi connectivity index (χ3n) is 6.28. The van der Waals surface area contributed by atoms with E-state index in [1.54, 1.807) is 13.8 Å². The summed E-state index contributed by atoms with van der Waals surface area (Å²) in [5.41, 5.74) is 3.58. The molecule has 0 radical (unpaired) electrons.